The second-order valence-electron chi connectivity index (χ2n) is 6.45. The first kappa shape index (κ1) is 13.4. The SMILES string of the molecule is C[C@@H](NCC1CCCCCC1)C1CCCCC1. The number of hydrogen-bond donors (Lipinski definition) is 1. The summed E-state index contributed by atoms with van der Waals surface area (Å²) in [5, 5.41) is 3.85. The molecule has 0 unspecified atom stereocenters. The fraction of sp³-hybridized carbons (Fsp3) is 1.00. The van der Waals surface area contributed by atoms with Gasteiger partial charge in [-0.15, -0.1) is 0 Å². The monoisotopic (exact) mass is 237 g/mol. The second kappa shape index (κ2) is 7.41. The zero-order valence-corrected chi connectivity index (χ0v) is 11.7. The van der Waals surface area contributed by atoms with E-state index in [1.54, 1.807) is 0 Å². The fourth-order valence-corrected chi connectivity index (χ4v) is 3.72. The van der Waals surface area contributed by atoms with Crippen molar-refractivity contribution in [2.45, 2.75) is 83.6 Å². The van der Waals surface area contributed by atoms with E-state index in [0.29, 0.717) is 0 Å². The first-order chi connectivity index (χ1) is 8.36. The number of rotatable bonds is 4. The van der Waals surface area contributed by atoms with E-state index in [-0.39, 0.29) is 0 Å². The van der Waals surface area contributed by atoms with Gasteiger partial charge in [-0.3, -0.25) is 0 Å². The van der Waals surface area contributed by atoms with Crippen LogP contribution in [0.4, 0.5) is 0 Å². The highest BCUT2D eigenvalue weighted by molar-refractivity contribution is 4.77. The molecule has 0 aromatic rings. The van der Waals surface area contributed by atoms with Gasteiger partial charge in [-0.25, -0.2) is 0 Å². The van der Waals surface area contributed by atoms with Crippen molar-refractivity contribution in [1.82, 2.24) is 5.32 Å². The summed E-state index contributed by atoms with van der Waals surface area (Å²) in [5.41, 5.74) is 0. The Bertz CT molecular complexity index is 188. The lowest BCUT2D eigenvalue weighted by molar-refractivity contribution is 0.267. The van der Waals surface area contributed by atoms with Crippen molar-refractivity contribution in [1.29, 1.82) is 0 Å². The van der Waals surface area contributed by atoms with Crippen molar-refractivity contribution in [3.63, 3.8) is 0 Å². The molecule has 100 valence electrons. The zero-order valence-electron chi connectivity index (χ0n) is 11.7. The lowest BCUT2D eigenvalue weighted by Crippen LogP contribution is -2.37. The Morgan fingerprint density at radius 3 is 2.00 bits per heavy atom. The van der Waals surface area contributed by atoms with Crippen molar-refractivity contribution in [3.05, 3.63) is 0 Å². The highest BCUT2D eigenvalue weighted by atomic mass is 14.9. The van der Waals surface area contributed by atoms with Crippen LogP contribution in [0.1, 0.15) is 77.6 Å². The summed E-state index contributed by atoms with van der Waals surface area (Å²) >= 11 is 0. The van der Waals surface area contributed by atoms with Gasteiger partial charge in [0.15, 0.2) is 0 Å². The number of nitrogens with one attached hydrogen (secondary N) is 1. The molecule has 17 heavy (non-hydrogen) atoms. The lowest BCUT2D eigenvalue weighted by atomic mass is 9.84. The molecule has 0 amide bonds. The summed E-state index contributed by atoms with van der Waals surface area (Å²) in [6.07, 6.45) is 16.2. The molecule has 2 aliphatic carbocycles. The van der Waals surface area contributed by atoms with E-state index < -0.39 is 0 Å². The van der Waals surface area contributed by atoms with Crippen LogP contribution in [0.5, 0.6) is 0 Å². The van der Waals surface area contributed by atoms with Crippen LogP contribution in [0.15, 0.2) is 0 Å². The molecular weight excluding hydrogens is 206 g/mol. The Morgan fingerprint density at radius 1 is 0.824 bits per heavy atom. The van der Waals surface area contributed by atoms with Gasteiger partial charge in [-0.2, -0.15) is 0 Å². The van der Waals surface area contributed by atoms with E-state index in [1.165, 1.54) is 77.2 Å². The molecule has 0 bridgehead atoms. The van der Waals surface area contributed by atoms with Crippen LogP contribution < -0.4 is 5.32 Å². The van der Waals surface area contributed by atoms with Gasteiger partial charge in [0, 0.05) is 6.04 Å². The first-order valence-corrected chi connectivity index (χ1v) is 8.09. The Labute approximate surface area is 108 Å². The van der Waals surface area contributed by atoms with E-state index in [1.807, 2.05) is 0 Å². The van der Waals surface area contributed by atoms with Crippen LogP contribution in [0.2, 0.25) is 0 Å². The molecule has 1 atom stereocenters. The molecule has 1 nitrogen and oxygen atoms in total. The molecule has 2 aliphatic rings. The molecule has 1 heteroatoms. The van der Waals surface area contributed by atoms with Crippen LogP contribution in [0.25, 0.3) is 0 Å². The minimum atomic E-state index is 0.763. The average molecular weight is 237 g/mol. The summed E-state index contributed by atoms with van der Waals surface area (Å²) in [4.78, 5) is 0. The van der Waals surface area contributed by atoms with E-state index in [2.05, 4.69) is 12.2 Å². The van der Waals surface area contributed by atoms with Crippen LogP contribution in [0.3, 0.4) is 0 Å². The standard InChI is InChI=1S/C16H31N/c1-14(16-11-7-4-8-12-16)17-13-15-9-5-2-3-6-10-15/h14-17H,2-13H2,1H3/t14-/m1/s1. The van der Waals surface area contributed by atoms with Gasteiger partial charge in [0.05, 0.1) is 0 Å². The van der Waals surface area contributed by atoms with E-state index in [0.717, 1.165) is 17.9 Å². The summed E-state index contributed by atoms with van der Waals surface area (Å²) < 4.78 is 0. The molecule has 0 spiro atoms. The topological polar surface area (TPSA) is 12.0 Å². The third-order valence-corrected chi connectivity index (χ3v) is 5.06. The number of hydrogen-bond acceptors (Lipinski definition) is 1. The summed E-state index contributed by atoms with van der Waals surface area (Å²) in [6, 6.07) is 0.763. The van der Waals surface area contributed by atoms with Gasteiger partial charge >= 0.3 is 0 Å². The van der Waals surface area contributed by atoms with Gasteiger partial charge < -0.3 is 5.32 Å². The lowest BCUT2D eigenvalue weighted by Gasteiger charge is -2.29. The quantitative estimate of drug-likeness (QED) is 0.709. The Hall–Kier alpha value is -0.0400. The van der Waals surface area contributed by atoms with Crippen LogP contribution in [-0.2, 0) is 0 Å². The molecule has 0 aliphatic heterocycles. The summed E-state index contributed by atoms with van der Waals surface area (Å²) in [7, 11) is 0. The van der Waals surface area contributed by atoms with Crippen molar-refractivity contribution in [2.75, 3.05) is 6.54 Å². The average Bonchev–Trinajstić information content (AvgIpc) is 2.65. The van der Waals surface area contributed by atoms with E-state index in [9.17, 15) is 0 Å². The third kappa shape index (κ3) is 4.62. The first-order valence-electron chi connectivity index (χ1n) is 8.09. The maximum absolute atomic E-state index is 3.85. The Morgan fingerprint density at radius 2 is 1.35 bits per heavy atom. The van der Waals surface area contributed by atoms with E-state index >= 15 is 0 Å². The second-order valence-corrected chi connectivity index (χ2v) is 6.45. The summed E-state index contributed by atoms with van der Waals surface area (Å²) in [5.74, 6) is 1.94. The molecule has 0 aromatic carbocycles. The highest BCUT2D eigenvalue weighted by Gasteiger charge is 2.20. The molecule has 0 radical (unpaired) electrons. The van der Waals surface area contributed by atoms with Crippen molar-refractivity contribution < 1.29 is 0 Å². The molecule has 0 saturated heterocycles. The van der Waals surface area contributed by atoms with Gasteiger partial charge in [-0.05, 0) is 51.0 Å². The van der Waals surface area contributed by atoms with Gasteiger partial charge in [0.1, 0.15) is 0 Å². The smallest absolute Gasteiger partial charge is 0.00671 e. The molecule has 0 heterocycles. The van der Waals surface area contributed by atoms with Crippen LogP contribution in [-0.4, -0.2) is 12.6 Å². The van der Waals surface area contributed by atoms with Gasteiger partial charge in [0.25, 0.3) is 0 Å². The van der Waals surface area contributed by atoms with Crippen molar-refractivity contribution >= 4 is 0 Å². The van der Waals surface area contributed by atoms with Crippen LogP contribution in [0, 0.1) is 11.8 Å². The predicted molar refractivity (Wildman–Crippen MR) is 75.2 cm³/mol. The summed E-state index contributed by atoms with van der Waals surface area (Å²) in [6.45, 7) is 3.71. The Kier molecular flexibility index (Phi) is 5.84. The van der Waals surface area contributed by atoms with Crippen molar-refractivity contribution in [2.24, 2.45) is 11.8 Å². The molecular formula is C16H31N. The minimum absolute atomic E-state index is 0.763. The minimum Gasteiger partial charge on any atom is -0.314 e. The maximum Gasteiger partial charge on any atom is 0.00671 e. The fourth-order valence-electron chi connectivity index (χ4n) is 3.72. The molecule has 2 rings (SSSR count). The molecule has 2 fully saturated rings. The van der Waals surface area contributed by atoms with Crippen LogP contribution >= 0.6 is 0 Å². The zero-order chi connectivity index (χ0) is 11.9. The highest BCUT2D eigenvalue weighted by Crippen LogP contribution is 2.27. The maximum atomic E-state index is 3.85. The molecule has 2 saturated carbocycles. The normalized spacial score (nSPS) is 26.6. The van der Waals surface area contributed by atoms with E-state index in [4.69, 9.17) is 0 Å². The molecule has 0 aromatic heterocycles. The third-order valence-electron chi connectivity index (χ3n) is 5.06. The molecule has 1 N–H and O–H groups in total. The van der Waals surface area contributed by atoms with Gasteiger partial charge in [-0.1, -0.05) is 44.9 Å². The largest absolute Gasteiger partial charge is 0.314 e. The predicted octanol–water partition coefficient (Wildman–Crippen LogP) is 4.52. The van der Waals surface area contributed by atoms with Crippen molar-refractivity contribution in [3.8, 4) is 0 Å². The Balaban J connectivity index is 1.65. The van der Waals surface area contributed by atoms with Gasteiger partial charge in [0.2, 0.25) is 0 Å².